The second kappa shape index (κ2) is 5.65. The first-order valence-corrected chi connectivity index (χ1v) is 6.29. The quantitative estimate of drug-likeness (QED) is 0.838. The number of anilines is 1. The van der Waals surface area contributed by atoms with Gasteiger partial charge in [0.15, 0.2) is 0 Å². The van der Waals surface area contributed by atoms with Crippen molar-refractivity contribution in [1.82, 2.24) is 0 Å². The van der Waals surface area contributed by atoms with Crippen molar-refractivity contribution in [3.63, 3.8) is 0 Å². The second-order valence-electron chi connectivity index (χ2n) is 4.74. The predicted octanol–water partition coefficient (Wildman–Crippen LogP) is 3.16. The number of nitrogen functional groups attached to an aromatic ring is 1. The van der Waals surface area contributed by atoms with Crippen LogP contribution in [0, 0.1) is 13.8 Å². The van der Waals surface area contributed by atoms with Crippen LogP contribution in [-0.4, -0.2) is 11.1 Å². The highest BCUT2D eigenvalue weighted by Crippen LogP contribution is 2.23. The molecule has 0 saturated carbocycles. The van der Waals surface area contributed by atoms with Crippen LogP contribution >= 0.6 is 0 Å². The lowest BCUT2D eigenvalue weighted by molar-refractivity contribution is 0.0695. The van der Waals surface area contributed by atoms with Crippen LogP contribution in [0.15, 0.2) is 36.4 Å². The number of carbonyl (C=O) groups is 1. The highest BCUT2D eigenvalue weighted by atomic mass is 16.5. The van der Waals surface area contributed by atoms with Gasteiger partial charge < -0.3 is 15.6 Å². The third-order valence-electron chi connectivity index (χ3n) is 3.12. The van der Waals surface area contributed by atoms with Gasteiger partial charge in [0.1, 0.15) is 12.4 Å². The van der Waals surface area contributed by atoms with Gasteiger partial charge in [-0.2, -0.15) is 0 Å². The summed E-state index contributed by atoms with van der Waals surface area (Å²) in [6, 6.07) is 10.9. The van der Waals surface area contributed by atoms with E-state index >= 15 is 0 Å². The van der Waals surface area contributed by atoms with E-state index in [4.69, 9.17) is 10.5 Å². The molecule has 104 valence electrons. The third-order valence-corrected chi connectivity index (χ3v) is 3.12. The molecule has 0 aliphatic carbocycles. The monoisotopic (exact) mass is 271 g/mol. The maximum Gasteiger partial charge on any atom is 0.338 e. The van der Waals surface area contributed by atoms with Crippen molar-refractivity contribution >= 4 is 11.7 Å². The lowest BCUT2D eigenvalue weighted by Gasteiger charge is -2.12. The fraction of sp³-hybridized carbons (Fsp3) is 0.188. The largest absolute Gasteiger partial charge is 0.489 e. The van der Waals surface area contributed by atoms with E-state index < -0.39 is 5.97 Å². The van der Waals surface area contributed by atoms with Crippen LogP contribution in [0.25, 0.3) is 0 Å². The van der Waals surface area contributed by atoms with E-state index in [1.807, 2.05) is 32.0 Å². The molecule has 2 rings (SSSR count). The van der Waals surface area contributed by atoms with E-state index in [-0.39, 0.29) is 17.9 Å². The van der Waals surface area contributed by atoms with Gasteiger partial charge >= 0.3 is 5.97 Å². The Balaban J connectivity index is 2.25. The topological polar surface area (TPSA) is 72.5 Å². The van der Waals surface area contributed by atoms with Crippen molar-refractivity contribution in [2.75, 3.05) is 5.73 Å². The normalized spacial score (nSPS) is 10.3. The van der Waals surface area contributed by atoms with Crippen molar-refractivity contribution < 1.29 is 14.6 Å². The van der Waals surface area contributed by atoms with Crippen LogP contribution < -0.4 is 10.5 Å². The van der Waals surface area contributed by atoms with Crippen molar-refractivity contribution in [3.05, 3.63) is 58.7 Å². The molecule has 0 aliphatic heterocycles. The Hall–Kier alpha value is -2.49. The van der Waals surface area contributed by atoms with Crippen LogP contribution in [0.2, 0.25) is 0 Å². The van der Waals surface area contributed by atoms with Crippen LogP contribution in [0.4, 0.5) is 5.69 Å². The summed E-state index contributed by atoms with van der Waals surface area (Å²) in [5.74, 6) is -0.286. The Kier molecular flexibility index (Phi) is 3.94. The van der Waals surface area contributed by atoms with Gasteiger partial charge in [-0.15, -0.1) is 0 Å². The molecule has 0 saturated heterocycles. The van der Waals surface area contributed by atoms with Gasteiger partial charge in [-0.1, -0.05) is 24.3 Å². The summed E-state index contributed by atoms with van der Waals surface area (Å²) in [5.41, 5.74) is 8.74. The third kappa shape index (κ3) is 2.91. The van der Waals surface area contributed by atoms with Gasteiger partial charge in [-0.25, -0.2) is 4.79 Å². The summed E-state index contributed by atoms with van der Waals surface area (Å²) in [5, 5.41) is 9.21. The summed E-state index contributed by atoms with van der Waals surface area (Å²) in [6.07, 6.45) is 0. The average Bonchev–Trinajstić information content (AvgIpc) is 2.39. The zero-order valence-corrected chi connectivity index (χ0v) is 11.5. The average molecular weight is 271 g/mol. The number of hydrogen-bond donors (Lipinski definition) is 2. The van der Waals surface area contributed by atoms with Crippen LogP contribution in [0.3, 0.4) is 0 Å². The summed E-state index contributed by atoms with van der Waals surface area (Å²) in [7, 11) is 0. The number of carboxylic acids is 1. The zero-order valence-electron chi connectivity index (χ0n) is 11.5. The molecule has 0 fully saturated rings. The standard InChI is InChI=1S/C16H17NO3/c1-10-6-7-11(2)14(8-10)20-9-12-4-3-5-13(17)15(12)16(18)19/h3-8H,9,17H2,1-2H3,(H,18,19). The number of ether oxygens (including phenoxy) is 1. The number of aromatic carboxylic acids is 1. The van der Waals surface area contributed by atoms with Gasteiger partial charge in [0.25, 0.3) is 0 Å². The molecule has 0 radical (unpaired) electrons. The van der Waals surface area contributed by atoms with Gasteiger partial charge in [0, 0.05) is 11.3 Å². The number of carboxylic acid groups (broad SMARTS) is 1. The lowest BCUT2D eigenvalue weighted by atomic mass is 10.1. The predicted molar refractivity (Wildman–Crippen MR) is 78.1 cm³/mol. The minimum Gasteiger partial charge on any atom is -0.489 e. The summed E-state index contributed by atoms with van der Waals surface area (Å²) in [4.78, 5) is 11.2. The molecular weight excluding hydrogens is 254 g/mol. The van der Waals surface area contributed by atoms with Crippen molar-refractivity contribution in [3.8, 4) is 5.75 Å². The Bertz CT molecular complexity index is 650. The molecule has 0 aromatic heterocycles. The highest BCUT2D eigenvalue weighted by Gasteiger charge is 2.14. The first kappa shape index (κ1) is 13.9. The van der Waals surface area contributed by atoms with E-state index in [0.29, 0.717) is 5.56 Å². The molecule has 20 heavy (non-hydrogen) atoms. The zero-order chi connectivity index (χ0) is 14.7. The molecule has 0 spiro atoms. The summed E-state index contributed by atoms with van der Waals surface area (Å²) in [6.45, 7) is 4.11. The van der Waals surface area contributed by atoms with Crippen LogP contribution in [0.1, 0.15) is 27.0 Å². The molecular formula is C16H17NO3. The number of aryl methyl sites for hydroxylation is 2. The first-order chi connectivity index (χ1) is 9.49. The molecule has 4 nitrogen and oxygen atoms in total. The molecule has 0 amide bonds. The van der Waals surface area contributed by atoms with E-state index in [0.717, 1.165) is 16.9 Å². The molecule has 2 aromatic carbocycles. The minimum atomic E-state index is -1.04. The Labute approximate surface area is 117 Å². The number of nitrogens with two attached hydrogens (primary N) is 1. The first-order valence-electron chi connectivity index (χ1n) is 6.29. The van der Waals surface area contributed by atoms with Gasteiger partial charge in [0.2, 0.25) is 0 Å². The lowest BCUT2D eigenvalue weighted by Crippen LogP contribution is -2.09. The molecule has 3 N–H and O–H groups in total. The van der Waals surface area contributed by atoms with E-state index in [9.17, 15) is 9.90 Å². The van der Waals surface area contributed by atoms with Gasteiger partial charge in [0.05, 0.1) is 5.56 Å². The molecule has 2 aromatic rings. The molecule has 0 aliphatic rings. The van der Waals surface area contributed by atoms with Crippen LogP contribution in [0.5, 0.6) is 5.75 Å². The van der Waals surface area contributed by atoms with Gasteiger partial charge in [-0.05, 0) is 37.1 Å². The minimum absolute atomic E-state index is 0.109. The summed E-state index contributed by atoms with van der Waals surface area (Å²) >= 11 is 0. The van der Waals surface area contributed by atoms with Crippen molar-refractivity contribution in [2.24, 2.45) is 0 Å². The number of rotatable bonds is 4. The highest BCUT2D eigenvalue weighted by molar-refractivity contribution is 5.95. The fourth-order valence-electron chi connectivity index (χ4n) is 2.02. The molecule has 0 bridgehead atoms. The van der Waals surface area contributed by atoms with E-state index in [1.165, 1.54) is 0 Å². The maximum absolute atomic E-state index is 11.2. The summed E-state index contributed by atoms with van der Waals surface area (Å²) < 4.78 is 5.73. The molecule has 0 unspecified atom stereocenters. The maximum atomic E-state index is 11.2. The SMILES string of the molecule is Cc1ccc(C)c(OCc2cccc(N)c2C(=O)O)c1. The smallest absolute Gasteiger partial charge is 0.338 e. The van der Waals surface area contributed by atoms with E-state index in [2.05, 4.69) is 0 Å². The van der Waals surface area contributed by atoms with Crippen molar-refractivity contribution in [2.45, 2.75) is 20.5 Å². The Morgan fingerprint density at radius 1 is 1.25 bits per heavy atom. The number of hydrogen-bond acceptors (Lipinski definition) is 3. The number of benzene rings is 2. The van der Waals surface area contributed by atoms with E-state index in [1.54, 1.807) is 18.2 Å². The fourth-order valence-corrected chi connectivity index (χ4v) is 2.02. The van der Waals surface area contributed by atoms with Crippen LogP contribution in [-0.2, 0) is 6.61 Å². The Morgan fingerprint density at radius 3 is 2.70 bits per heavy atom. The van der Waals surface area contributed by atoms with Crippen molar-refractivity contribution in [1.29, 1.82) is 0 Å². The molecule has 0 atom stereocenters. The molecule has 4 heteroatoms. The Morgan fingerprint density at radius 2 is 2.00 bits per heavy atom. The second-order valence-corrected chi connectivity index (χ2v) is 4.74. The molecule has 0 heterocycles. The van der Waals surface area contributed by atoms with Gasteiger partial charge in [-0.3, -0.25) is 0 Å².